The maximum absolute atomic E-state index is 10.6. The number of rotatable bonds is 4. The van der Waals surface area contributed by atoms with E-state index in [1.807, 2.05) is 35.8 Å². The minimum absolute atomic E-state index is 0.136. The predicted octanol–water partition coefficient (Wildman–Crippen LogP) is 2.43. The third-order valence-corrected chi connectivity index (χ3v) is 2.86. The van der Waals surface area contributed by atoms with E-state index in [1.54, 1.807) is 7.11 Å². The summed E-state index contributed by atoms with van der Waals surface area (Å²) in [5.41, 5.74) is 2.11. The summed E-state index contributed by atoms with van der Waals surface area (Å²) in [6.07, 6.45) is 0.136. The maximum atomic E-state index is 10.6. The Hall–Kier alpha value is -1.97. The van der Waals surface area contributed by atoms with Crippen LogP contribution in [0.3, 0.4) is 0 Å². The molecule has 0 saturated heterocycles. The van der Waals surface area contributed by atoms with Crippen molar-refractivity contribution in [3.05, 3.63) is 30.0 Å². The van der Waals surface area contributed by atoms with Crippen LogP contribution in [0.25, 0.3) is 10.9 Å². The average Bonchev–Trinajstić information content (AvgIpc) is 2.60. The molecule has 1 aromatic carbocycles. The molecule has 1 heterocycles. The first-order valence-corrected chi connectivity index (χ1v) is 5.47. The van der Waals surface area contributed by atoms with E-state index in [2.05, 4.69) is 0 Å². The van der Waals surface area contributed by atoms with Gasteiger partial charge in [-0.3, -0.25) is 4.79 Å². The summed E-state index contributed by atoms with van der Waals surface area (Å²) in [7, 11) is 1.63. The highest BCUT2D eigenvalue weighted by molar-refractivity contribution is 5.83. The van der Waals surface area contributed by atoms with Gasteiger partial charge in [-0.15, -0.1) is 0 Å². The number of carbonyl (C=O) groups is 1. The molecule has 0 unspecified atom stereocenters. The number of ether oxygens (including phenoxy) is 1. The molecular weight excluding hydrogens is 218 g/mol. The number of hydrogen-bond donors (Lipinski definition) is 1. The highest BCUT2D eigenvalue weighted by Crippen LogP contribution is 2.24. The molecule has 17 heavy (non-hydrogen) atoms. The second-order valence-electron chi connectivity index (χ2n) is 4.01. The van der Waals surface area contributed by atoms with Crippen molar-refractivity contribution in [1.82, 2.24) is 4.57 Å². The molecule has 0 aliphatic rings. The van der Waals surface area contributed by atoms with Crippen molar-refractivity contribution >= 4 is 16.9 Å². The Morgan fingerprint density at radius 2 is 2.18 bits per heavy atom. The lowest BCUT2D eigenvalue weighted by molar-refractivity contribution is -0.137. The van der Waals surface area contributed by atoms with E-state index in [1.165, 1.54) is 0 Å². The van der Waals surface area contributed by atoms with E-state index < -0.39 is 5.97 Å². The summed E-state index contributed by atoms with van der Waals surface area (Å²) in [5, 5.41) is 9.80. The van der Waals surface area contributed by atoms with Crippen molar-refractivity contribution in [3.63, 3.8) is 0 Å². The molecule has 0 fully saturated rings. The lowest BCUT2D eigenvalue weighted by atomic mass is 10.2. The smallest absolute Gasteiger partial charge is 0.305 e. The quantitative estimate of drug-likeness (QED) is 0.882. The van der Waals surface area contributed by atoms with E-state index in [-0.39, 0.29) is 6.42 Å². The van der Waals surface area contributed by atoms with Gasteiger partial charge in [0.15, 0.2) is 0 Å². The van der Waals surface area contributed by atoms with Crippen molar-refractivity contribution in [1.29, 1.82) is 0 Å². The van der Waals surface area contributed by atoms with Crippen molar-refractivity contribution in [2.75, 3.05) is 7.11 Å². The van der Waals surface area contributed by atoms with Gasteiger partial charge in [0, 0.05) is 23.1 Å². The Morgan fingerprint density at radius 3 is 2.82 bits per heavy atom. The standard InChI is InChI=1S/C13H15NO3/c1-9-7-10-8-11(17-2)3-4-12(10)14(9)6-5-13(15)16/h3-4,7-8H,5-6H2,1-2H3,(H,15,16). The fourth-order valence-electron chi connectivity index (χ4n) is 2.02. The molecule has 0 bridgehead atoms. The van der Waals surface area contributed by atoms with E-state index in [0.29, 0.717) is 6.54 Å². The van der Waals surface area contributed by atoms with Crippen molar-refractivity contribution < 1.29 is 14.6 Å². The van der Waals surface area contributed by atoms with Gasteiger partial charge in [-0.25, -0.2) is 0 Å². The monoisotopic (exact) mass is 233 g/mol. The van der Waals surface area contributed by atoms with E-state index in [4.69, 9.17) is 9.84 Å². The number of nitrogens with zero attached hydrogens (tertiary/aromatic N) is 1. The molecule has 0 radical (unpaired) electrons. The number of carboxylic acid groups (broad SMARTS) is 1. The summed E-state index contributed by atoms with van der Waals surface area (Å²) >= 11 is 0. The minimum atomic E-state index is -0.778. The molecule has 0 aliphatic carbocycles. The lowest BCUT2D eigenvalue weighted by Crippen LogP contribution is -2.05. The van der Waals surface area contributed by atoms with Crippen LogP contribution in [0.1, 0.15) is 12.1 Å². The fourth-order valence-corrected chi connectivity index (χ4v) is 2.02. The van der Waals surface area contributed by atoms with E-state index >= 15 is 0 Å². The normalized spacial score (nSPS) is 10.7. The summed E-state index contributed by atoms with van der Waals surface area (Å²) in [4.78, 5) is 10.6. The van der Waals surface area contributed by atoms with Crippen molar-refractivity contribution in [2.24, 2.45) is 0 Å². The zero-order chi connectivity index (χ0) is 12.4. The van der Waals surface area contributed by atoms with Gasteiger partial charge < -0.3 is 14.4 Å². The highest BCUT2D eigenvalue weighted by atomic mass is 16.5. The minimum Gasteiger partial charge on any atom is -0.497 e. The van der Waals surface area contributed by atoms with Gasteiger partial charge in [0.2, 0.25) is 0 Å². The molecule has 0 aliphatic heterocycles. The Kier molecular flexibility index (Phi) is 3.04. The first kappa shape index (κ1) is 11.5. The highest BCUT2D eigenvalue weighted by Gasteiger charge is 2.07. The number of aryl methyl sites for hydroxylation is 2. The van der Waals surface area contributed by atoms with Crippen LogP contribution >= 0.6 is 0 Å². The van der Waals surface area contributed by atoms with Gasteiger partial charge in [0.05, 0.1) is 13.5 Å². The number of hydrogen-bond acceptors (Lipinski definition) is 2. The molecule has 2 rings (SSSR count). The van der Waals surface area contributed by atoms with Crippen LogP contribution in [0.15, 0.2) is 24.3 Å². The molecule has 0 saturated carbocycles. The molecule has 4 nitrogen and oxygen atoms in total. The SMILES string of the molecule is COc1ccc2c(c1)cc(C)n2CCC(=O)O. The maximum Gasteiger partial charge on any atom is 0.305 e. The first-order valence-electron chi connectivity index (χ1n) is 5.47. The third kappa shape index (κ3) is 2.25. The van der Waals surface area contributed by atoms with Crippen molar-refractivity contribution in [3.8, 4) is 5.75 Å². The molecular formula is C13H15NO3. The molecule has 4 heteroatoms. The number of aromatic nitrogens is 1. The van der Waals surface area contributed by atoms with Gasteiger partial charge in [0.25, 0.3) is 0 Å². The van der Waals surface area contributed by atoms with Gasteiger partial charge in [0.1, 0.15) is 5.75 Å². The average molecular weight is 233 g/mol. The summed E-state index contributed by atoms with van der Waals surface area (Å²) in [6, 6.07) is 7.85. The largest absolute Gasteiger partial charge is 0.497 e. The van der Waals surface area contributed by atoms with Crippen LogP contribution in [0.2, 0.25) is 0 Å². The van der Waals surface area contributed by atoms with Gasteiger partial charge >= 0.3 is 5.97 Å². The second kappa shape index (κ2) is 4.49. The first-order chi connectivity index (χ1) is 8.11. The van der Waals surface area contributed by atoms with Crippen LogP contribution in [-0.4, -0.2) is 22.8 Å². The van der Waals surface area contributed by atoms with Gasteiger partial charge in [-0.05, 0) is 31.2 Å². The topological polar surface area (TPSA) is 51.5 Å². The lowest BCUT2D eigenvalue weighted by Gasteiger charge is -2.06. The Labute approximate surface area is 99.4 Å². The fraction of sp³-hybridized carbons (Fsp3) is 0.308. The number of carboxylic acids is 1. The molecule has 1 aromatic heterocycles. The molecule has 90 valence electrons. The number of fused-ring (bicyclic) bond motifs is 1. The van der Waals surface area contributed by atoms with Crippen LogP contribution in [0, 0.1) is 6.92 Å². The number of aliphatic carboxylic acids is 1. The van der Waals surface area contributed by atoms with E-state index in [0.717, 1.165) is 22.3 Å². The number of methoxy groups -OCH3 is 1. The zero-order valence-corrected chi connectivity index (χ0v) is 9.93. The molecule has 0 amide bonds. The predicted molar refractivity (Wildman–Crippen MR) is 65.5 cm³/mol. The van der Waals surface area contributed by atoms with Crippen LogP contribution in [0.5, 0.6) is 5.75 Å². The van der Waals surface area contributed by atoms with Crippen LogP contribution < -0.4 is 4.74 Å². The summed E-state index contributed by atoms with van der Waals surface area (Å²) in [5.74, 6) is 0.0349. The molecule has 1 N–H and O–H groups in total. The molecule has 0 atom stereocenters. The molecule has 0 spiro atoms. The molecule has 2 aromatic rings. The van der Waals surface area contributed by atoms with Crippen molar-refractivity contribution in [2.45, 2.75) is 19.9 Å². The zero-order valence-electron chi connectivity index (χ0n) is 9.93. The Morgan fingerprint density at radius 1 is 1.41 bits per heavy atom. The van der Waals surface area contributed by atoms with E-state index in [9.17, 15) is 4.79 Å². The second-order valence-corrected chi connectivity index (χ2v) is 4.01. The van der Waals surface area contributed by atoms with Gasteiger partial charge in [-0.2, -0.15) is 0 Å². The summed E-state index contributed by atoms with van der Waals surface area (Å²) in [6.45, 7) is 2.48. The van der Waals surface area contributed by atoms with Crippen LogP contribution in [-0.2, 0) is 11.3 Å². The summed E-state index contributed by atoms with van der Waals surface area (Å²) < 4.78 is 7.18. The Bertz CT molecular complexity index is 557. The van der Waals surface area contributed by atoms with Crippen LogP contribution in [0.4, 0.5) is 0 Å². The Balaban J connectivity index is 2.41. The third-order valence-electron chi connectivity index (χ3n) is 2.86. The van der Waals surface area contributed by atoms with Gasteiger partial charge in [-0.1, -0.05) is 0 Å². The number of benzene rings is 1.